The van der Waals surface area contributed by atoms with Crippen LogP contribution in [0.1, 0.15) is 21.6 Å². The quantitative estimate of drug-likeness (QED) is 0.440. The number of benzene rings is 1. The first-order chi connectivity index (χ1) is 14.1. The number of hydrogen-bond acceptors (Lipinski definition) is 4. The molecule has 29 heavy (non-hydrogen) atoms. The van der Waals surface area contributed by atoms with Gasteiger partial charge in [-0.05, 0) is 23.8 Å². The summed E-state index contributed by atoms with van der Waals surface area (Å²) in [6.45, 7) is 0. The molecule has 8 heteroatoms. The van der Waals surface area contributed by atoms with E-state index >= 15 is 0 Å². The van der Waals surface area contributed by atoms with Gasteiger partial charge in [-0.1, -0.05) is 12.1 Å². The molecule has 0 radical (unpaired) electrons. The lowest BCUT2D eigenvalue weighted by Gasteiger charge is -2.06. The summed E-state index contributed by atoms with van der Waals surface area (Å²) in [5.74, 6) is -0.970. The fourth-order valence-electron chi connectivity index (χ4n) is 3.54. The Hall–Kier alpha value is -4.20. The number of aromatic carboxylic acids is 1. The predicted octanol–water partition coefficient (Wildman–Crippen LogP) is 2.85. The number of nitrogens with one attached hydrogen (secondary N) is 2. The molecule has 0 bridgehead atoms. The smallest absolute Gasteiger partial charge is 0.335 e. The molecule has 5 aromatic rings. The zero-order chi connectivity index (χ0) is 20.0. The fraction of sp³-hybridized carbons (Fsp3) is 0.0476. The van der Waals surface area contributed by atoms with E-state index in [0.29, 0.717) is 17.6 Å². The van der Waals surface area contributed by atoms with Gasteiger partial charge in [-0.15, -0.1) is 0 Å². The minimum Gasteiger partial charge on any atom is -0.478 e. The van der Waals surface area contributed by atoms with E-state index in [2.05, 4.69) is 19.9 Å². The molecular formula is C21H15N5O3. The summed E-state index contributed by atoms with van der Waals surface area (Å²) in [7, 11) is 0. The third-order valence-corrected chi connectivity index (χ3v) is 4.91. The van der Waals surface area contributed by atoms with Crippen molar-refractivity contribution in [3.05, 3.63) is 88.5 Å². The molecule has 8 nitrogen and oxygen atoms in total. The van der Waals surface area contributed by atoms with Gasteiger partial charge in [-0.25, -0.2) is 9.78 Å². The standard InChI is InChI=1S/C21H15N5O3/c27-20-17-8-14(16-10-24-19-18(16)22-4-5-23-19)11-26(17)15(9-25-20)7-12-2-1-3-13(6-12)21(28)29/h1-6,8-11H,7H2,(H,23,24)(H,25,27)(H,28,29). The minimum absolute atomic E-state index is 0.204. The van der Waals surface area contributed by atoms with Crippen LogP contribution in [0, 0.1) is 0 Å². The van der Waals surface area contributed by atoms with Gasteiger partial charge in [0.1, 0.15) is 11.0 Å². The summed E-state index contributed by atoms with van der Waals surface area (Å²) in [5.41, 5.74) is 5.31. The number of fused-ring (bicyclic) bond motifs is 2. The van der Waals surface area contributed by atoms with Gasteiger partial charge in [0.05, 0.1) is 5.56 Å². The van der Waals surface area contributed by atoms with Gasteiger partial charge in [0.25, 0.3) is 5.56 Å². The van der Waals surface area contributed by atoms with Crippen molar-refractivity contribution in [1.82, 2.24) is 24.3 Å². The number of carbonyl (C=O) groups is 1. The summed E-state index contributed by atoms with van der Waals surface area (Å²) < 4.78 is 1.83. The molecule has 0 saturated heterocycles. The minimum atomic E-state index is -0.970. The lowest BCUT2D eigenvalue weighted by atomic mass is 10.1. The summed E-state index contributed by atoms with van der Waals surface area (Å²) in [5, 5.41) is 9.21. The Labute approximate surface area is 163 Å². The number of H-pyrrole nitrogens is 2. The van der Waals surface area contributed by atoms with Crippen LogP contribution in [0.5, 0.6) is 0 Å². The van der Waals surface area contributed by atoms with Crippen LogP contribution >= 0.6 is 0 Å². The number of nitrogens with zero attached hydrogens (tertiary/aromatic N) is 3. The molecule has 0 aliphatic heterocycles. The Bertz CT molecular complexity index is 1440. The summed E-state index contributed by atoms with van der Waals surface area (Å²) in [6, 6.07) is 8.59. The highest BCUT2D eigenvalue weighted by Crippen LogP contribution is 2.28. The number of aromatic nitrogens is 5. The molecule has 0 amide bonds. The molecule has 1 aromatic carbocycles. The SMILES string of the molecule is O=C(O)c1cccc(Cc2c[nH]c(=O)c3cc(-c4c[nH]c5nccnc45)cn23)c1. The number of aromatic amines is 2. The third-order valence-electron chi connectivity index (χ3n) is 4.91. The number of rotatable bonds is 4. The molecule has 142 valence electrons. The second-order valence-electron chi connectivity index (χ2n) is 6.73. The van der Waals surface area contributed by atoms with Crippen molar-refractivity contribution < 1.29 is 9.90 Å². The van der Waals surface area contributed by atoms with E-state index in [4.69, 9.17) is 0 Å². The summed E-state index contributed by atoms with van der Waals surface area (Å²) in [4.78, 5) is 38.1. The zero-order valence-electron chi connectivity index (χ0n) is 15.1. The Morgan fingerprint density at radius 2 is 1.97 bits per heavy atom. The molecule has 0 atom stereocenters. The van der Waals surface area contributed by atoms with Crippen LogP contribution in [0.25, 0.3) is 27.8 Å². The Kier molecular flexibility index (Phi) is 3.77. The van der Waals surface area contributed by atoms with E-state index in [0.717, 1.165) is 27.9 Å². The average molecular weight is 385 g/mol. The van der Waals surface area contributed by atoms with Crippen molar-refractivity contribution in [2.75, 3.05) is 0 Å². The maximum absolute atomic E-state index is 12.4. The lowest BCUT2D eigenvalue weighted by molar-refractivity contribution is 0.0696. The predicted molar refractivity (Wildman–Crippen MR) is 107 cm³/mol. The first-order valence-electron chi connectivity index (χ1n) is 8.93. The Balaban J connectivity index is 1.63. The zero-order valence-corrected chi connectivity index (χ0v) is 15.1. The van der Waals surface area contributed by atoms with Crippen LogP contribution in [-0.4, -0.2) is 35.4 Å². The monoisotopic (exact) mass is 385 g/mol. The van der Waals surface area contributed by atoms with Gasteiger partial charge in [-0.3, -0.25) is 9.78 Å². The molecule has 0 spiro atoms. The molecule has 5 rings (SSSR count). The summed E-state index contributed by atoms with van der Waals surface area (Å²) >= 11 is 0. The molecule has 0 saturated carbocycles. The Morgan fingerprint density at radius 3 is 2.83 bits per heavy atom. The molecule has 0 aliphatic carbocycles. The van der Waals surface area contributed by atoms with Crippen molar-refractivity contribution >= 4 is 22.6 Å². The lowest BCUT2D eigenvalue weighted by Crippen LogP contribution is -2.11. The van der Waals surface area contributed by atoms with Crippen molar-refractivity contribution in [2.24, 2.45) is 0 Å². The van der Waals surface area contributed by atoms with E-state index in [1.54, 1.807) is 36.8 Å². The highest BCUT2D eigenvalue weighted by molar-refractivity contribution is 5.91. The fourth-order valence-corrected chi connectivity index (χ4v) is 3.54. The first-order valence-corrected chi connectivity index (χ1v) is 8.93. The van der Waals surface area contributed by atoms with Gasteiger partial charge in [-0.2, -0.15) is 0 Å². The van der Waals surface area contributed by atoms with Crippen LogP contribution < -0.4 is 5.56 Å². The largest absolute Gasteiger partial charge is 0.478 e. The maximum atomic E-state index is 12.4. The van der Waals surface area contributed by atoms with Crippen LogP contribution in [0.3, 0.4) is 0 Å². The normalized spacial score (nSPS) is 11.3. The number of hydrogen-bond donors (Lipinski definition) is 3. The van der Waals surface area contributed by atoms with Crippen LogP contribution in [-0.2, 0) is 6.42 Å². The van der Waals surface area contributed by atoms with E-state index in [1.807, 2.05) is 28.9 Å². The highest BCUT2D eigenvalue weighted by atomic mass is 16.4. The molecule has 4 heterocycles. The molecule has 0 aliphatic rings. The van der Waals surface area contributed by atoms with E-state index in [-0.39, 0.29) is 11.1 Å². The molecule has 0 fully saturated rings. The van der Waals surface area contributed by atoms with Gasteiger partial charge in [0, 0.05) is 54.2 Å². The van der Waals surface area contributed by atoms with Gasteiger partial charge in [0.2, 0.25) is 0 Å². The van der Waals surface area contributed by atoms with Crippen LogP contribution in [0.15, 0.2) is 66.1 Å². The van der Waals surface area contributed by atoms with Crippen molar-refractivity contribution in [1.29, 1.82) is 0 Å². The van der Waals surface area contributed by atoms with E-state index in [1.165, 1.54) is 0 Å². The molecule has 4 aromatic heterocycles. The van der Waals surface area contributed by atoms with Gasteiger partial charge < -0.3 is 19.5 Å². The second kappa shape index (κ2) is 6.45. The third kappa shape index (κ3) is 2.87. The molecule has 3 N–H and O–H groups in total. The highest BCUT2D eigenvalue weighted by Gasteiger charge is 2.14. The number of carboxylic acids is 1. The van der Waals surface area contributed by atoms with Gasteiger partial charge in [0.15, 0.2) is 5.65 Å². The van der Waals surface area contributed by atoms with E-state index < -0.39 is 5.97 Å². The van der Waals surface area contributed by atoms with Crippen molar-refractivity contribution in [3.63, 3.8) is 0 Å². The molecule has 0 unspecified atom stereocenters. The molecular weight excluding hydrogens is 370 g/mol. The maximum Gasteiger partial charge on any atom is 0.335 e. The average Bonchev–Trinajstić information content (AvgIpc) is 3.35. The van der Waals surface area contributed by atoms with Crippen LogP contribution in [0.4, 0.5) is 0 Å². The summed E-state index contributed by atoms with van der Waals surface area (Å²) in [6.07, 6.45) is 9.08. The number of carboxylic acid groups (broad SMARTS) is 1. The first kappa shape index (κ1) is 16.9. The second-order valence-corrected chi connectivity index (χ2v) is 6.73. The Morgan fingerprint density at radius 1 is 1.10 bits per heavy atom. The van der Waals surface area contributed by atoms with Crippen molar-refractivity contribution in [3.8, 4) is 11.1 Å². The van der Waals surface area contributed by atoms with Crippen molar-refractivity contribution in [2.45, 2.75) is 6.42 Å². The topological polar surface area (TPSA) is 116 Å². The van der Waals surface area contributed by atoms with E-state index in [9.17, 15) is 14.7 Å². The van der Waals surface area contributed by atoms with Crippen LogP contribution in [0.2, 0.25) is 0 Å². The van der Waals surface area contributed by atoms with Gasteiger partial charge >= 0.3 is 5.97 Å².